The molecule has 8 heteroatoms. The standard InChI is InChI=1S/C8H9N5O3/c1-2-15-8(14)4(3-9)5(10)6-7(11)13-16-12-6/h2,10H2,1H3,(H2,11,13). The van der Waals surface area contributed by atoms with Gasteiger partial charge in [0.25, 0.3) is 0 Å². The van der Waals surface area contributed by atoms with Crippen molar-refractivity contribution in [3.63, 3.8) is 0 Å². The SMILES string of the molecule is CCOC(=O)C(C#N)=C(N)c1nonc1N. The highest BCUT2D eigenvalue weighted by Gasteiger charge is 2.20. The van der Waals surface area contributed by atoms with E-state index in [0.717, 1.165) is 0 Å². The Labute approximate surface area is 90.4 Å². The Kier molecular flexibility index (Phi) is 3.45. The summed E-state index contributed by atoms with van der Waals surface area (Å²) in [6, 6.07) is 1.62. The highest BCUT2D eigenvalue weighted by Crippen LogP contribution is 2.16. The van der Waals surface area contributed by atoms with Gasteiger partial charge in [-0.3, -0.25) is 0 Å². The van der Waals surface area contributed by atoms with Gasteiger partial charge in [0, 0.05) is 0 Å². The third-order valence-electron chi connectivity index (χ3n) is 1.63. The maximum Gasteiger partial charge on any atom is 0.351 e. The summed E-state index contributed by atoms with van der Waals surface area (Å²) in [7, 11) is 0. The number of carbonyl (C=O) groups excluding carboxylic acids is 1. The zero-order chi connectivity index (χ0) is 12.1. The molecule has 1 rings (SSSR count). The van der Waals surface area contributed by atoms with Gasteiger partial charge in [0.15, 0.2) is 17.1 Å². The molecule has 0 amide bonds. The van der Waals surface area contributed by atoms with Crippen molar-refractivity contribution in [2.45, 2.75) is 6.92 Å². The fourth-order valence-electron chi connectivity index (χ4n) is 0.920. The molecule has 0 aliphatic rings. The highest BCUT2D eigenvalue weighted by atomic mass is 16.6. The number of nitrogen functional groups attached to an aromatic ring is 1. The summed E-state index contributed by atoms with van der Waals surface area (Å²) >= 11 is 0. The third-order valence-corrected chi connectivity index (χ3v) is 1.63. The van der Waals surface area contributed by atoms with E-state index in [1.165, 1.54) is 0 Å². The van der Waals surface area contributed by atoms with Crippen LogP contribution in [-0.2, 0) is 9.53 Å². The number of anilines is 1. The lowest BCUT2D eigenvalue weighted by atomic mass is 10.2. The monoisotopic (exact) mass is 223 g/mol. The smallest absolute Gasteiger partial charge is 0.351 e. The van der Waals surface area contributed by atoms with Crippen molar-refractivity contribution in [1.82, 2.24) is 10.3 Å². The first-order valence-corrected chi connectivity index (χ1v) is 4.27. The van der Waals surface area contributed by atoms with E-state index in [2.05, 4.69) is 19.7 Å². The normalized spacial score (nSPS) is 11.5. The molecule has 0 atom stereocenters. The average molecular weight is 223 g/mol. The second-order valence-electron chi connectivity index (χ2n) is 2.62. The van der Waals surface area contributed by atoms with E-state index >= 15 is 0 Å². The van der Waals surface area contributed by atoms with Crippen LogP contribution in [0.25, 0.3) is 5.70 Å². The number of esters is 1. The van der Waals surface area contributed by atoms with Crippen LogP contribution in [0.15, 0.2) is 10.2 Å². The minimum absolute atomic E-state index is 0.0513. The van der Waals surface area contributed by atoms with Crippen LogP contribution in [0.5, 0.6) is 0 Å². The van der Waals surface area contributed by atoms with Gasteiger partial charge < -0.3 is 16.2 Å². The first-order chi connectivity index (χ1) is 7.61. The number of aromatic nitrogens is 2. The van der Waals surface area contributed by atoms with Gasteiger partial charge >= 0.3 is 5.97 Å². The molecule has 1 heterocycles. The highest BCUT2D eigenvalue weighted by molar-refractivity contribution is 6.01. The van der Waals surface area contributed by atoms with Gasteiger partial charge in [-0.05, 0) is 17.2 Å². The summed E-state index contributed by atoms with van der Waals surface area (Å²) in [5.74, 6) is -0.945. The van der Waals surface area contributed by atoms with Crippen molar-refractivity contribution in [2.75, 3.05) is 12.3 Å². The molecule has 0 unspecified atom stereocenters. The molecule has 1 aromatic heterocycles. The van der Waals surface area contributed by atoms with Gasteiger partial charge in [-0.2, -0.15) is 5.26 Å². The van der Waals surface area contributed by atoms with Gasteiger partial charge in [-0.1, -0.05) is 0 Å². The van der Waals surface area contributed by atoms with Gasteiger partial charge in [-0.15, -0.1) is 0 Å². The minimum Gasteiger partial charge on any atom is -0.462 e. The van der Waals surface area contributed by atoms with Gasteiger partial charge in [-0.25, -0.2) is 9.42 Å². The number of nitrogens with two attached hydrogens (primary N) is 2. The molecule has 0 spiro atoms. The third kappa shape index (κ3) is 2.09. The average Bonchev–Trinajstić information content (AvgIpc) is 2.65. The molecule has 0 saturated carbocycles. The molecule has 8 nitrogen and oxygen atoms in total. The van der Waals surface area contributed by atoms with E-state index in [4.69, 9.17) is 16.7 Å². The van der Waals surface area contributed by atoms with Crippen molar-refractivity contribution < 1.29 is 14.2 Å². The molecular formula is C8H9N5O3. The van der Waals surface area contributed by atoms with Crippen molar-refractivity contribution in [1.29, 1.82) is 5.26 Å². The molecule has 0 saturated heterocycles. The lowest BCUT2D eigenvalue weighted by Crippen LogP contribution is -2.13. The van der Waals surface area contributed by atoms with Crippen LogP contribution in [0.3, 0.4) is 0 Å². The molecule has 0 aliphatic heterocycles. The first kappa shape index (κ1) is 11.5. The number of carbonyl (C=O) groups is 1. The van der Waals surface area contributed by atoms with Crippen LogP contribution >= 0.6 is 0 Å². The lowest BCUT2D eigenvalue weighted by molar-refractivity contribution is -0.137. The summed E-state index contributed by atoms with van der Waals surface area (Å²) in [5, 5.41) is 15.4. The number of rotatable bonds is 3. The predicted octanol–water partition coefficient (Wildman–Crippen LogP) is -0.592. The predicted molar refractivity (Wildman–Crippen MR) is 52.1 cm³/mol. The van der Waals surface area contributed by atoms with Crippen LogP contribution in [0.4, 0.5) is 5.82 Å². The fourth-order valence-corrected chi connectivity index (χ4v) is 0.920. The molecule has 0 aliphatic carbocycles. The summed E-state index contributed by atoms with van der Waals surface area (Å²) in [5.41, 5.74) is 10.2. The molecule has 16 heavy (non-hydrogen) atoms. The first-order valence-electron chi connectivity index (χ1n) is 4.27. The second kappa shape index (κ2) is 4.79. The van der Waals surface area contributed by atoms with E-state index in [-0.39, 0.29) is 29.4 Å². The van der Waals surface area contributed by atoms with E-state index in [0.29, 0.717) is 0 Å². The number of ether oxygens (including phenoxy) is 1. The van der Waals surface area contributed by atoms with Gasteiger partial charge in [0.2, 0.25) is 0 Å². The molecule has 84 valence electrons. The Morgan fingerprint density at radius 1 is 1.62 bits per heavy atom. The van der Waals surface area contributed by atoms with Crippen LogP contribution in [0, 0.1) is 11.3 Å². The zero-order valence-electron chi connectivity index (χ0n) is 8.43. The molecule has 0 bridgehead atoms. The number of hydrogen-bond acceptors (Lipinski definition) is 8. The van der Waals surface area contributed by atoms with E-state index in [9.17, 15) is 4.79 Å². The van der Waals surface area contributed by atoms with Gasteiger partial charge in [0.05, 0.1) is 12.3 Å². The molecular weight excluding hydrogens is 214 g/mol. The Morgan fingerprint density at radius 3 is 2.75 bits per heavy atom. The van der Waals surface area contributed by atoms with Crippen molar-refractivity contribution in [3.05, 3.63) is 11.3 Å². The molecule has 0 radical (unpaired) electrons. The Morgan fingerprint density at radius 2 is 2.31 bits per heavy atom. The van der Waals surface area contributed by atoms with Crippen molar-refractivity contribution in [3.8, 4) is 6.07 Å². The van der Waals surface area contributed by atoms with E-state index in [1.54, 1.807) is 13.0 Å². The van der Waals surface area contributed by atoms with E-state index in [1.807, 2.05) is 0 Å². The van der Waals surface area contributed by atoms with Crippen LogP contribution < -0.4 is 11.5 Å². The molecule has 0 fully saturated rings. The van der Waals surface area contributed by atoms with Crippen LogP contribution in [0.1, 0.15) is 12.6 Å². The summed E-state index contributed by atoms with van der Waals surface area (Å²) in [4.78, 5) is 11.3. The summed E-state index contributed by atoms with van der Waals surface area (Å²) < 4.78 is 8.94. The van der Waals surface area contributed by atoms with Gasteiger partial charge in [0.1, 0.15) is 6.07 Å². The topological polar surface area (TPSA) is 141 Å². The quantitative estimate of drug-likeness (QED) is 0.393. The largest absolute Gasteiger partial charge is 0.462 e. The Bertz CT molecular complexity index is 470. The van der Waals surface area contributed by atoms with Crippen molar-refractivity contribution >= 4 is 17.5 Å². The van der Waals surface area contributed by atoms with Crippen LogP contribution in [0.2, 0.25) is 0 Å². The fraction of sp³-hybridized carbons (Fsp3) is 0.250. The maximum atomic E-state index is 11.3. The lowest BCUT2D eigenvalue weighted by Gasteiger charge is -2.02. The maximum absolute atomic E-state index is 11.3. The number of hydrogen-bond donors (Lipinski definition) is 2. The molecule has 4 N–H and O–H groups in total. The Balaban J connectivity index is 3.16. The molecule has 1 aromatic rings. The number of nitriles is 1. The Hall–Kier alpha value is -2.56. The van der Waals surface area contributed by atoms with Crippen LogP contribution in [-0.4, -0.2) is 22.9 Å². The molecule has 0 aromatic carbocycles. The van der Waals surface area contributed by atoms with E-state index < -0.39 is 5.97 Å². The second-order valence-corrected chi connectivity index (χ2v) is 2.62. The van der Waals surface area contributed by atoms with Crippen molar-refractivity contribution in [2.24, 2.45) is 5.73 Å². The minimum atomic E-state index is -0.843. The number of nitrogens with zero attached hydrogens (tertiary/aromatic N) is 3. The summed E-state index contributed by atoms with van der Waals surface area (Å²) in [6.45, 7) is 1.74. The summed E-state index contributed by atoms with van der Waals surface area (Å²) in [6.07, 6.45) is 0. The zero-order valence-corrected chi connectivity index (χ0v) is 8.43.